The number of hydrogen-bond donors (Lipinski definition) is 0. The quantitative estimate of drug-likeness (QED) is 0.855. The first-order valence-electron chi connectivity index (χ1n) is 4.94. The highest BCUT2D eigenvalue weighted by Gasteiger charge is 2.20. The number of halogens is 1. The first-order chi connectivity index (χ1) is 7.91. The summed E-state index contributed by atoms with van der Waals surface area (Å²) in [5.41, 5.74) is 1.61. The molecule has 0 aliphatic heterocycles. The Balaban J connectivity index is 2.63. The molecule has 1 heterocycles. The molecule has 1 aromatic carbocycles. The molecular formula is C11H11BrN2O2S. The molecule has 0 bridgehead atoms. The van der Waals surface area contributed by atoms with Crippen LogP contribution in [0.25, 0.3) is 0 Å². The van der Waals surface area contributed by atoms with Crippen molar-refractivity contribution in [2.45, 2.75) is 18.7 Å². The minimum absolute atomic E-state index is 0.285. The summed E-state index contributed by atoms with van der Waals surface area (Å²) in [7, 11) is -3.60. The molecule has 90 valence electrons. The average Bonchev–Trinajstić information content (AvgIpc) is 2.69. The molecule has 0 saturated carbocycles. The normalized spacial score (nSPS) is 11.7. The van der Waals surface area contributed by atoms with Crippen LogP contribution in [0.1, 0.15) is 11.1 Å². The minimum atomic E-state index is -3.60. The molecule has 0 atom stereocenters. The van der Waals surface area contributed by atoms with E-state index in [2.05, 4.69) is 21.0 Å². The molecule has 4 nitrogen and oxygen atoms in total. The lowest BCUT2D eigenvalue weighted by atomic mass is 10.2. The largest absolute Gasteiger partial charge is 0.283 e. The fourth-order valence-electron chi connectivity index (χ4n) is 1.50. The molecule has 6 heteroatoms. The van der Waals surface area contributed by atoms with Crippen LogP contribution in [-0.2, 0) is 10.0 Å². The highest BCUT2D eigenvalue weighted by atomic mass is 79.9. The summed E-state index contributed by atoms with van der Waals surface area (Å²) in [6, 6.07) is 5.33. The molecule has 0 fully saturated rings. The summed E-state index contributed by atoms with van der Waals surface area (Å²) in [6.07, 6.45) is 2.87. The highest BCUT2D eigenvalue weighted by molar-refractivity contribution is 9.10. The first kappa shape index (κ1) is 12.3. The van der Waals surface area contributed by atoms with E-state index in [-0.39, 0.29) is 4.90 Å². The Bertz CT molecular complexity index is 662. The standard InChI is InChI=1S/C11H11BrN2O2S/c1-8-3-4-9(2)11(5-8)17(15,16)14-7-10(12)6-13-14/h3-7H,1-2H3. The Morgan fingerprint density at radius 3 is 2.59 bits per heavy atom. The van der Waals surface area contributed by atoms with Gasteiger partial charge in [-0.25, -0.2) is 0 Å². The lowest BCUT2D eigenvalue weighted by Gasteiger charge is -2.08. The van der Waals surface area contributed by atoms with Gasteiger partial charge < -0.3 is 0 Å². The Hall–Kier alpha value is -1.14. The zero-order valence-electron chi connectivity index (χ0n) is 9.38. The van der Waals surface area contributed by atoms with Crippen molar-refractivity contribution in [2.75, 3.05) is 0 Å². The van der Waals surface area contributed by atoms with Gasteiger partial charge in [0.05, 0.1) is 21.8 Å². The fraction of sp³-hybridized carbons (Fsp3) is 0.182. The van der Waals surface area contributed by atoms with Gasteiger partial charge in [-0.2, -0.15) is 17.6 Å². The number of aryl methyl sites for hydroxylation is 2. The van der Waals surface area contributed by atoms with Gasteiger partial charge in [0.1, 0.15) is 0 Å². The molecule has 17 heavy (non-hydrogen) atoms. The molecule has 0 aliphatic carbocycles. The van der Waals surface area contributed by atoms with Crippen molar-refractivity contribution in [1.29, 1.82) is 0 Å². The lowest BCUT2D eigenvalue weighted by molar-refractivity contribution is 0.579. The number of aromatic nitrogens is 2. The second-order valence-corrected chi connectivity index (χ2v) is 6.48. The van der Waals surface area contributed by atoms with Crippen LogP contribution in [-0.4, -0.2) is 17.6 Å². The van der Waals surface area contributed by atoms with E-state index in [4.69, 9.17) is 0 Å². The van der Waals surface area contributed by atoms with Crippen molar-refractivity contribution in [1.82, 2.24) is 9.19 Å². The number of benzene rings is 1. The van der Waals surface area contributed by atoms with E-state index in [1.165, 1.54) is 12.4 Å². The van der Waals surface area contributed by atoms with Crippen LogP contribution in [0, 0.1) is 13.8 Å². The first-order valence-corrected chi connectivity index (χ1v) is 7.17. The molecule has 0 radical (unpaired) electrons. The van der Waals surface area contributed by atoms with Crippen molar-refractivity contribution in [3.05, 3.63) is 46.2 Å². The van der Waals surface area contributed by atoms with Gasteiger partial charge in [-0.05, 0) is 47.0 Å². The van der Waals surface area contributed by atoms with E-state index < -0.39 is 10.0 Å². The van der Waals surface area contributed by atoms with Crippen LogP contribution >= 0.6 is 15.9 Å². The monoisotopic (exact) mass is 314 g/mol. The Kier molecular flexibility index (Phi) is 3.09. The zero-order chi connectivity index (χ0) is 12.6. The van der Waals surface area contributed by atoms with Gasteiger partial charge in [0.2, 0.25) is 0 Å². The van der Waals surface area contributed by atoms with Gasteiger partial charge in [-0.3, -0.25) is 0 Å². The van der Waals surface area contributed by atoms with Crippen molar-refractivity contribution in [3.8, 4) is 0 Å². The average molecular weight is 315 g/mol. The molecule has 0 spiro atoms. The SMILES string of the molecule is Cc1ccc(C)c(S(=O)(=O)n2cc(Br)cn2)c1. The lowest BCUT2D eigenvalue weighted by Crippen LogP contribution is -2.14. The predicted molar refractivity (Wildman–Crippen MR) is 68.4 cm³/mol. The summed E-state index contributed by atoms with van der Waals surface area (Å²) >= 11 is 3.18. The Morgan fingerprint density at radius 2 is 2.00 bits per heavy atom. The van der Waals surface area contributed by atoms with Gasteiger partial charge in [-0.15, -0.1) is 0 Å². The maximum atomic E-state index is 12.3. The van der Waals surface area contributed by atoms with Crippen molar-refractivity contribution in [3.63, 3.8) is 0 Å². The number of rotatable bonds is 2. The summed E-state index contributed by atoms with van der Waals surface area (Å²) in [6.45, 7) is 3.63. The summed E-state index contributed by atoms with van der Waals surface area (Å²) in [4.78, 5) is 0.285. The Morgan fingerprint density at radius 1 is 1.29 bits per heavy atom. The molecule has 0 aliphatic rings. The molecule has 0 saturated heterocycles. The Labute approximate surface area is 108 Å². The van der Waals surface area contributed by atoms with Crippen LogP contribution in [0.4, 0.5) is 0 Å². The number of nitrogens with zero attached hydrogens (tertiary/aromatic N) is 2. The van der Waals surface area contributed by atoms with E-state index in [1.54, 1.807) is 19.1 Å². The predicted octanol–water partition coefficient (Wildman–Crippen LogP) is 2.50. The maximum Gasteiger partial charge on any atom is 0.283 e. The van der Waals surface area contributed by atoms with E-state index >= 15 is 0 Å². The molecule has 0 N–H and O–H groups in total. The smallest absolute Gasteiger partial charge is 0.199 e. The molecule has 2 aromatic rings. The van der Waals surface area contributed by atoms with Gasteiger partial charge in [-0.1, -0.05) is 12.1 Å². The van der Waals surface area contributed by atoms with Crippen molar-refractivity contribution in [2.24, 2.45) is 0 Å². The molecule has 0 amide bonds. The van der Waals surface area contributed by atoms with E-state index in [0.29, 0.717) is 10.0 Å². The van der Waals surface area contributed by atoms with E-state index in [0.717, 1.165) is 9.65 Å². The van der Waals surface area contributed by atoms with E-state index in [9.17, 15) is 8.42 Å². The summed E-state index contributed by atoms with van der Waals surface area (Å²) < 4.78 is 26.2. The van der Waals surface area contributed by atoms with Crippen LogP contribution in [0.5, 0.6) is 0 Å². The topological polar surface area (TPSA) is 52.0 Å². The summed E-state index contributed by atoms with van der Waals surface area (Å²) in [5.74, 6) is 0. The second kappa shape index (κ2) is 4.27. The van der Waals surface area contributed by atoms with Crippen LogP contribution in [0.2, 0.25) is 0 Å². The summed E-state index contributed by atoms with van der Waals surface area (Å²) in [5, 5.41) is 3.82. The fourth-order valence-corrected chi connectivity index (χ4v) is 3.36. The van der Waals surface area contributed by atoms with Crippen molar-refractivity contribution < 1.29 is 8.42 Å². The molecular weight excluding hydrogens is 304 g/mol. The van der Waals surface area contributed by atoms with Gasteiger partial charge in [0.15, 0.2) is 0 Å². The van der Waals surface area contributed by atoms with Crippen molar-refractivity contribution >= 4 is 26.0 Å². The molecule has 2 rings (SSSR count). The molecule has 1 aromatic heterocycles. The van der Waals surface area contributed by atoms with Gasteiger partial charge in [0, 0.05) is 0 Å². The molecule has 0 unspecified atom stereocenters. The minimum Gasteiger partial charge on any atom is -0.199 e. The number of hydrogen-bond acceptors (Lipinski definition) is 3. The third-order valence-electron chi connectivity index (χ3n) is 2.40. The van der Waals surface area contributed by atoms with Gasteiger partial charge in [0.25, 0.3) is 10.0 Å². The third-order valence-corrected chi connectivity index (χ3v) is 4.49. The zero-order valence-corrected chi connectivity index (χ0v) is 11.8. The maximum absolute atomic E-state index is 12.3. The second-order valence-electron chi connectivity index (χ2n) is 3.81. The van der Waals surface area contributed by atoms with Crippen LogP contribution in [0.3, 0.4) is 0 Å². The third kappa shape index (κ3) is 2.28. The van der Waals surface area contributed by atoms with Gasteiger partial charge >= 0.3 is 0 Å². The van der Waals surface area contributed by atoms with Crippen LogP contribution in [0.15, 0.2) is 40.0 Å². The van der Waals surface area contributed by atoms with Crippen LogP contribution < -0.4 is 0 Å². The van der Waals surface area contributed by atoms with E-state index in [1.807, 2.05) is 13.0 Å². The highest BCUT2D eigenvalue weighted by Crippen LogP contribution is 2.20.